The van der Waals surface area contributed by atoms with Crippen LogP contribution in [0, 0.1) is 0 Å². The molecule has 0 radical (unpaired) electrons. The maximum atomic E-state index is 12.8. The number of anilines is 1. The predicted octanol–water partition coefficient (Wildman–Crippen LogP) is 3.44. The van der Waals surface area contributed by atoms with Gasteiger partial charge in [-0.25, -0.2) is 4.68 Å². The van der Waals surface area contributed by atoms with Crippen molar-refractivity contribution in [3.05, 3.63) is 63.0 Å². The van der Waals surface area contributed by atoms with E-state index in [1.807, 2.05) is 13.0 Å². The normalized spacial score (nSPS) is 10.7. The third-order valence-corrected chi connectivity index (χ3v) is 4.29. The van der Waals surface area contributed by atoms with Gasteiger partial charge in [-0.1, -0.05) is 34.1 Å². The summed E-state index contributed by atoms with van der Waals surface area (Å²) in [4.78, 5) is 25.2. The van der Waals surface area contributed by atoms with Crippen LogP contribution in [0.1, 0.15) is 17.4 Å². The highest BCUT2D eigenvalue weighted by Gasteiger charge is 2.17. The van der Waals surface area contributed by atoms with Gasteiger partial charge in [0.25, 0.3) is 11.5 Å². The van der Waals surface area contributed by atoms with Crippen LogP contribution in [0.2, 0.25) is 0 Å². The van der Waals surface area contributed by atoms with Gasteiger partial charge in [-0.05, 0) is 31.2 Å². The second-order valence-electron chi connectivity index (χ2n) is 5.31. The number of methoxy groups -OCH3 is 1. The molecule has 1 aromatic heterocycles. The minimum atomic E-state index is -0.408. The van der Waals surface area contributed by atoms with E-state index in [0.717, 1.165) is 4.47 Å². The number of halogens is 1. The third-order valence-electron chi connectivity index (χ3n) is 3.79. The number of carbonyl (C=O) groups excluding carboxylic acids is 1. The number of carbonyl (C=O) groups is 1. The van der Waals surface area contributed by atoms with Crippen molar-refractivity contribution in [1.82, 2.24) is 9.78 Å². The molecule has 1 amide bonds. The van der Waals surface area contributed by atoms with Gasteiger partial charge >= 0.3 is 0 Å². The predicted molar refractivity (Wildman–Crippen MR) is 100 cm³/mol. The molecule has 0 aliphatic rings. The Morgan fingerprint density at radius 3 is 2.64 bits per heavy atom. The molecule has 0 aliphatic heterocycles. The third kappa shape index (κ3) is 3.28. The fourth-order valence-corrected chi connectivity index (χ4v) is 2.94. The van der Waals surface area contributed by atoms with Crippen LogP contribution in [0.3, 0.4) is 0 Å². The van der Waals surface area contributed by atoms with Gasteiger partial charge in [-0.15, -0.1) is 0 Å². The van der Waals surface area contributed by atoms with E-state index in [2.05, 4.69) is 26.3 Å². The van der Waals surface area contributed by atoms with Crippen molar-refractivity contribution in [2.24, 2.45) is 0 Å². The lowest BCUT2D eigenvalue weighted by molar-refractivity contribution is 0.102. The fourth-order valence-electron chi connectivity index (χ4n) is 2.58. The molecule has 0 aliphatic carbocycles. The van der Waals surface area contributed by atoms with E-state index >= 15 is 0 Å². The van der Waals surface area contributed by atoms with Gasteiger partial charge in [0.2, 0.25) is 0 Å². The SMILES string of the molecule is CCn1nc(C(=O)Nc2cc(Br)ccc2OC)c2ccccc2c1=O. The van der Waals surface area contributed by atoms with Crippen LogP contribution in [0.25, 0.3) is 10.8 Å². The lowest BCUT2D eigenvalue weighted by Gasteiger charge is -2.12. The minimum Gasteiger partial charge on any atom is -0.495 e. The van der Waals surface area contributed by atoms with Crippen molar-refractivity contribution in [2.75, 3.05) is 12.4 Å². The van der Waals surface area contributed by atoms with Crippen LogP contribution < -0.4 is 15.6 Å². The number of hydrogen-bond donors (Lipinski definition) is 1. The summed E-state index contributed by atoms with van der Waals surface area (Å²) in [5.74, 6) is 0.125. The monoisotopic (exact) mass is 401 g/mol. The van der Waals surface area contributed by atoms with Crippen molar-refractivity contribution in [3.63, 3.8) is 0 Å². The first-order chi connectivity index (χ1) is 12.0. The number of nitrogens with one attached hydrogen (secondary N) is 1. The molecule has 1 N–H and O–H groups in total. The molecule has 25 heavy (non-hydrogen) atoms. The molecule has 3 aromatic rings. The summed E-state index contributed by atoms with van der Waals surface area (Å²) in [5, 5.41) is 8.02. The average Bonchev–Trinajstić information content (AvgIpc) is 2.62. The topological polar surface area (TPSA) is 73.2 Å². The molecule has 1 heterocycles. The van der Waals surface area contributed by atoms with Gasteiger partial charge in [0.05, 0.1) is 18.2 Å². The standard InChI is InChI=1S/C18H16BrN3O3/c1-3-22-18(24)13-7-5-4-6-12(13)16(21-22)17(23)20-14-10-11(19)8-9-15(14)25-2/h4-10H,3H2,1-2H3,(H,20,23). The molecular formula is C18H16BrN3O3. The lowest BCUT2D eigenvalue weighted by Crippen LogP contribution is -2.27. The van der Waals surface area contributed by atoms with Gasteiger partial charge < -0.3 is 10.1 Å². The van der Waals surface area contributed by atoms with E-state index in [1.54, 1.807) is 36.4 Å². The highest BCUT2D eigenvalue weighted by molar-refractivity contribution is 9.10. The molecule has 3 rings (SSSR count). The minimum absolute atomic E-state index is 0.194. The Morgan fingerprint density at radius 2 is 1.96 bits per heavy atom. The van der Waals surface area contributed by atoms with E-state index in [1.165, 1.54) is 11.8 Å². The Labute approximate surface area is 152 Å². The van der Waals surface area contributed by atoms with Crippen LogP contribution in [0.5, 0.6) is 5.75 Å². The number of rotatable bonds is 4. The van der Waals surface area contributed by atoms with Crippen LogP contribution in [0.4, 0.5) is 5.69 Å². The summed E-state index contributed by atoms with van der Waals surface area (Å²) in [7, 11) is 1.53. The number of hydrogen-bond acceptors (Lipinski definition) is 4. The van der Waals surface area contributed by atoms with E-state index in [0.29, 0.717) is 28.8 Å². The first-order valence-corrected chi connectivity index (χ1v) is 8.49. The average molecular weight is 402 g/mol. The highest BCUT2D eigenvalue weighted by Crippen LogP contribution is 2.28. The Kier molecular flexibility index (Phi) is 4.85. The number of ether oxygens (including phenoxy) is 1. The number of fused-ring (bicyclic) bond motifs is 1. The quantitative estimate of drug-likeness (QED) is 0.726. The van der Waals surface area contributed by atoms with Gasteiger partial charge in [0, 0.05) is 16.4 Å². The van der Waals surface area contributed by atoms with Crippen LogP contribution in [-0.2, 0) is 6.54 Å². The van der Waals surface area contributed by atoms with E-state index in [9.17, 15) is 9.59 Å². The van der Waals surface area contributed by atoms with Gasteiger partial charge in [0.1, 0.15) is 5.75 Å². The zero-order chi connectivity index (χ0) is 18.0. The molecular weight excluding hydrogens is 386 g/mol. The van der Waals surface area contributed by atoms with E-state index < -0.39 is 5.91 Å². The van der Waals surface area contributed by atoms with E-state index in [4.69, 9.17) is 4.74 Å². The van der Waals surface area contributed by atoms with Crippen LogP contribution in [0.15, 0.2) is 51.7 Å². The van der Waals surface area contributed by atoms with E-state index in [-0.39, 0.29) is 11.3 Å². The summed E-state index contributed by atoms with van der Waals surface area (Å²) in [6.07, 6.45) is 0. The molecule has 0 fully saturated rings. The molecule has 2 aromatic carbocycles. The number of aromatic nitrogens is 2. The fraction of sp³-hybridized carbons (Fsp3) is 0.167. The molecule has 0 saturated heterocycles. The molecule has 0 saturated carbocycles. The van der Waals surface area contributed by atoms with Crippen LogP contribution in [-0.4, -0.2) is 22.8 Å². The van der Waals surface area contributed by atoms with Crippen molar-refractivity contribution in [2.45, 2.75) is 13.5 Å². The largest absolute Gasteiger partial charge is 0.495 e. The summed E-state index contributed by atoms with van der Waals surface area (Å²) in [6, 6.07) is 12.3. The molecule has 0 atom stereocenters. The highest BCUT2D eigenvalue weighted by atomic mass is 79.9. The Morgan fingerprint density at radius 1 is 1.24 bits per heavy atom. The summed E-state index contributed by atoms with van der Waals surface area (Å²) in [6.45, 7) is 2.19. The molecule has 128 valence electrons. The zero-order valence-electron chi connectivity index (χ0n) is 13.7. The summed E-state index contributed by atoms with van der Waals surface area (Å²) < 4.78 is 7.37. The van der Waals surface area contributed by atoms with Gasteiger partial charge in [-0.3, -0.25) is 9.59 Å². The summed E-state index contributed by atoms with van der Waals surface area (Å²) in [5.41, 5.74) is 0.496. The van der Waals surface area contributed by atoms with Crippen molar-refractivity contribution in [3.8, 4) is 5.75 Å². The zero-order valence-corrected chi connectivity index (χ0v) is 15.3. The second-order valence-corrected chi connectivity index (χ2v) is 6.23. The molecule has 0 unspecified atom stereocenters. The molecule has 7 heteroatoms. The first-order valence-electron chi connectivity index (χ1n) is 7.70. The number of benzene rings is 2. The van der Waals surface area contributed by atoms with Crippen molar-refractivity contribution >= 4 is 38.3 Å². The Bertz CT molecular complexity index is 1010. The molecule has 6 nitrogen and oxygen atoms in total. The Balaban J connectivity index is 2.11. The second kappa shape index (κ2) is 7.06. The van der Waals surface area contributed by atoms with Gasteiger partial charge in [0.15, 0.2) is 5.69 Å². The molecule has 0 spiro atoms. The maximum absolute atomic E-state index is 12.8. The number of aryl methyl sites for hydroxylation is 1. The maximum Gasteiger partial charge on any atom is 0.276 e. The van der Waals surface area contributed by atoms with Crippen LogP contribution >= 0.6 is 15.9 Å². The van der Waals surface area contributed by atoms with Crippen molar-refractivity contribution < 1.29 is 9.53 Å². The first kappa shape index (κ1) is 17.2. The summed E-state index contributed by atoms with van der Waals surface area (Å²) >= 11 is 3.38. The molecule has 0 bridgehead atoms. The smallest absolute Gasteiger partial charge is 0.276 e. The number of nitrogens with zero attached hydrogens (tertiary/aromatic N) is 2. The number of amides is 1. The Hall–Kier alpha value is -2.67. The van der Waals surface area contributed by atoms with Gasteiger partial charge in [-0.2, -0.15) is 5.10 Å². The van der Waals surface area contributed by atoms with Crippen molar-refractivity contribution in [1.29, 1.82) is 0 Å². The lowest BCUT2D eigenvalue weighted by atomic mass is 10.1.